The van der Waals surface area contributed by atoms with Gasteiger partial charge >= 0.3 is 5.97 Å². The minimum atomic E-state index is -0.255. The molecule has 4 heterocycles. The van der Waals surface area contributed by atoms with Gasteiger partial charge in [-0.2, -0.15) is 0 Å². The fourth-order valence-electron chi connectivity index (χ4n) is 5.01. The predicted octanol–water partition coefficient (Wildman–Crippen LogP) is 5.67. The molecule has 1 aliphatic heterocycles. The van der Waals surface area contributed by atoms with Crippen molar-refractivity contribution in [3.8, 4) is 11.3 Å². The summed E-state index contributed by atoms with van der Waals surface area (Å²) >= 11 is 1.56. The molecule has 1 aliphatic rings. The van der Waals surface area contributed by atoms with Crippen LogP contribution >= 0.6 is 11.3 Å². The van der Waals surface area contributed by atoms with Crippen LogP contribution in [0.4, 0.5) is 15.3 Å². The van der Waals surface area contributed by atoms with Gasteiger partial charge in [0.15, 0.2) is 5.13 Å². The molecule has 1 saturated heterocycles. The summed E-state index contributed by atoms with van der Waals surface area (Å²) in [5, 5.41) is 2.86. The van der Waals surface area contributed by atoms with E-state index in [1.165, 1.54) is 17.7 Å². The van der Waals surface area contributed by atoms with Gasteiger partial charge in [0.2, 0.25) is 0 Å². The molecule has 0 atom stereocenters. The van der Waals surface area contributed by atoms with E-state index >= 15 is 0 Å². The van der Waals surface area contributed by atoms with Crippen molar-refractivity contribution >= 4 is 33.9 Å². The Morgan fingerprint density at radius 1 is 1.14 bits per heavy atom. The van der Waals surface area contributed by atoms with Crippen molar-refractivity contribution in [2.24, 2.45) is 0 Å². The van der Waals surface area contributed by atoms with Crippen molar-refractivity contribution in [3.05, 3.63) is 65.0 Å². The Bertz CT molecular complexity index is 1380. The van der Waals surface area contributed by atoms with E-state index in [1.807, 2.05) is 19.4 Å². The number of aromatic nitrogens is 3. The maximum Gasteiger partial charge on any atom is 0.320 e. The number of imidazole rings is 1. The van der Waals surface area contributed by atoms with Crippen LogP contribution in [0.3, 0.4) is 0 Å². The lowest BCUT2D eigenvalue weighted by atomic mass is 9.90. The molecule has 4 aromatic rings. The van der Waals surface area contributed by atoms with Crippen LogP contribution in [-0.2, 0) is 16.0 Å². The lowest BCUT2D eigenvalue weighted by Gasteiger charge is -2.31. The van der Waals surface area contributed by atoms with Gasteiger partial charge in [-0.25, -0.2) is 14.4 Å². The van der Waals surface area contributed by atoms with Crippen LogP contribution in [0.25, 0.3) is 16.9 Å². The quantitative estimate of drug-likeness (QED) is 0.279. The number of ether oxygens (including phenoxy) is 1. The summed E-state index contributed by atoms with van der Waals surface area (Å²) < 4.78 is 20.6. The highest BCUT2D eigenvalue weighted by Gasteiger charge is 2.24. The minimum Gasteiger partial charge on any atom is -0.465 e. The molecule has 194 valence electrons. The summed E-state index contributed by atoms with van der Waals surface area (Å²) in [5.74, 6) is 1.04. The molecule has 37 heavy (non-hydrogen) atoms. The monoisotopic (exact) mass is 521 g/mol. The highest BCUT2D eigenvalue weighted by molar-refractivity contribution is 7.14. The second-order valence-corrected chi connectivity index (χ2v) is 10.2. The number of fused-ring (bicyclic) bond motifs is 1. The Labute approximate surface area is 220 Å². The Balaban J connectivity index is 1.38. The summed E-state index contributed by atoms with van der Waals surface area (Å²) in [7, 11) is 2.02. The second kappa shape index (κ2) is 11.0. The molecule has 3 aromatic heterocycles. The van der Waals surface area contributed by atoms with Crippen molar-refractivity contribution in [1.82, 2.24) is 19.3 Å². The summed E-state index contributed by atoms with van der Waals surface area (Å²) in [6.45, 7) is 6.50. The predicted molar refractivity (Wildman–Crippen MR) is 145 cm³/mol. The third kappa shape index (κ3) is 5.38. The molecule has 0 spiro atoms. The Hall–Kier alpha value is -3.30. The number of nitrogens with zero attached hydrogens (tertiary/aromatic N) is 5. The molecule has 0 bridgehead atoms. The number of rotatable bonds is 8. The maximum absolute atomic E-state index is 13.4. The van der Waals surface area contributed by atoms with Gasteiger partial charge in [0.25, 0.3) is 0 Å². The highest BCUT2D eigenvalue weighted by Crippen LogP contribution is 2.35. The first kappa shape index (κ1) is 25.4. The number of esters is 1. The van der Waals surface area contributed by atoms with E-state index in [1.54, 1.807) is 23.5 Å². The number of carbonyl (C=O) groups is 1. The number of halogens is 1. The van der Waals surface area contributed by atoms with E-state index in [4.69, 9.17) is 14.7 Å². The Kier molecular flexibility index (Phi) is 7.53. The van der Waals surface area contributed by atoms with Gasteiger partial charge in [-0.3, -0.25) is 14.1 Å². The van der Waals surface area contributed by atoms with E-state index in [0.29, 0.717) is 19.1 Å². The van der Waals surface area contributed by atoms with Crippen molar-refractivity contribution < 1.29 is 13.9 Å². The van der Waals surface area contributed by atoms with E-state index in [2.05, 4.69) is 39.5 Å². The average Bonchev–Trinajstić information content (AvgIpc) is 3.54. The molecule has 0 aliphatic carbocycles. The number of aryl methyl sites for hydroxylation is 1. The number of carbonyl (C=O) groups excluding carboxylic acids is 1. The van der Waals surface area contributed by atoms with Crippen molar-refractivity contribution in [1.29, 1.82) is 0 Å². The number of pyridine rings is 1. The van der Waals surface area contributed by atoms with Gasteiger partial charge in [0.05, 0.1) is 24.5 Å². The molecular weight excluding hydrogens is 489 g/mol. The Morgan fingerprint density at radius 2 is 1.89 bits per heavy atom. The van der Waals surface area contributed by atoms with Crippen LogP contribution in [0.5, 0.6) is 0 Å². The van der Waals surface area contributed by atoms with Gasteiger partial charge in [-0.15, -0.1) is 11.3 Å². The molecule has 0 radical (unpaired) electrons. The fourth-order valence-corrected chi connectivity index (χ4v) is 5.81. The maximum atomic E-state index is 13.4. The molecule has 0 amide bonds. The van der Waals surface area contributed by atoms with Crippen molar-refractivity contribution in [2.45, 2.75) is 39.0 Å². The van der Waals surface area contributed by atoms with Crippen LogP contribution in [0.1, 0.15) is 43.9 Å². The molecular formula is C28H32FN5O2S. The second-order valence-electron chi connectivity index (χ2n) is 9.36. The van der Waals surface area contributed by atoms with Crippen LogP contribution in [-0.4, -0.2) is 58.5 Å². The summed E-state index contributed by atoms with van der Waals surface area (Å²) in [4.78, 5) is 25.9. The van der Waals surface area contributed by atoms with E-state index in [9.17, 15) is 9.18 Å². The zero-order valence-corrected chi connectivity index (χ0v) is 22.3. The van der Waals surface area contributed by atoms with Crippen molar-refractivity contribution in [2.75, 3.05) is 38.2 Å². The molecule has 0 N–H and O–H groups in total. The zero-order chi connectivity index (χ0) is 25.9. The van der Waals surface area contributed by atoms with Crippen LogP contribution in [0.2, 0.25) is 0 Å². The van der Waals surface area contributed by atoms with Gasteiger partial charge in [0, 0.05) is 24.2 Å². The zero-order valence-electron chi connectivity index (χ0n) is 21.5. The SMILES string of the molecule is CCOC(=O)CN1CCC(c2ccc3nc(CC)c(N(C)c4nc(-c5ccc(F)cc5)cs4)n3c2)CC1. The van der Waals surface area contributed by atoms with Gasteiger partial charge in [-0.05, 0) is 81.1 Å². The first-order valence-electron chi connectivity index (χ1n) is 12.8. The average molecular weight is 522 g/mol. The van der Waals surface area contributed by atoms with Gasteiger partial charge in [0.1, 0.15) is 17.3 Å². The number of benzene rings is 1. The van der Waals surface area contributed by atoms with E-state index in [0.717, 1.165) is 65.9 Å². The van der Waals surface area contributed by atoms with Gasteiger partial charge < -0.3 is 9.64 Å². The number of anilines is 2. The molecule has 1 fully saturated rings. The molecule has 5 rings (SSSR count). The Morgan fingerprint density at radius 3 is 2.59 bits per heavy atom. The van der Waals surface area contributed by atoms with Crippen molar-refractivity contribution in [3.63, 3.8) is 0 Å². The lowest BCUT2D eigenvalue weighted by Crippen LogP contribution is -2.37. The van der Waals surface area contributed by atoms with Crippen LogP contribution in [0.15, 0.2) is 48.0 Å². The number of likely N-dealkylation sites (tertiary alicyclic amines) is 1. The molecule has 7 nitrogen and oxygen atoms in total. The van der Waals surface area contributed by atoms with Crippen LogP contribution < -0.4 is 4.90 Å². The van der Waals surface area contributed by atoms with Crippen LogP contribution in [0, 0.1) is 5.82 Å². The number of hydrogen-bond donors (Lipinski definition) is 0. The lowest BCUT2D eigenvalue weighted by molar-refractivity contribution is -0.144. The smallest absolute Gasteiger partial charge is 0.320 e. The molecule has 9 heteroatoms. The third-order valence-electron chi connectivity index (χ3n) is 6.97. The topological polar surface area (TPSA) is 63.0 Å². The molecule has 0 unspecified atom stereocenters. The molecule has 0 saturated carbocycles. The van der Waals surface area contributed by atoms with E-state index < -0.39 is 0 Å². The normalized spacial score (nSPS) is 14.8. The number of piperidine rings is 1. The number of hydrogen-bond acceptors (Lipinski definition) is 7. The summed E-state index contributed by atoms with van der Waals surface area (Å²) in [6.07, 6.45) is 5.02. The van der Waals surface area contributed by atoms with E-state index in [-0.39, 0.29) is 11.8 Å². The summed E-state index contributed by atoms with van der Waals surface area (Å²) in [5.41, 5.74) is 4.93. The largest absolute Gasteiger partial charge is 0.465 e. The highest BCUT2D eigenvalue weighted by atomic mass is 32.1. The third-order valence-corrected chi connectivity index (χ3v) is 7.89. The fraction of sp³-hybridized carbons (Fsp3) is 0.393. The summed E-state index contributed by atoms with van der Waals surface area (Å²) in [6, 6.07) is 10.7. The standard InChI is InChI=1S/C28H32FN5O2S/c1-4-23-27(32(3)28-31-24(18-37-28)20-6-9-22(29)10-7-20)34-16-21(8-11-25(34)30-23)19-12-14-33(15-13-19)17-26(35)36-5-2/h6-11,16,18-19H,4-5,12-15,17H2,1-3H3. The molecule has 1 aromatic carbocycles. The number of thiazole rings is 1. The first-order valence-corrected chi connectivity index (χ1v) is 13.7. The minimum absolute atomic E-state index is 0.148. The van der Waals surface area contributed by atoms with Gasteiger partial charge in [-0.1, -0.05) is 13.0 Å². The first-order chi connectivity index (χ1) is 18.0.